The van der Waals surface area contributed by atoms with Gasteiger partial charge in [-0.15, -0.1) is 0 Å². The maximum Gasteiger partial charge on any atom is 0.255 e. The van der Waals surface area contributed by atoms with Crippen molar-refractivity contribution >= 4 is 55.1 Å². The molecule has 0 spiro atoms. The lowest BCUT2D eigenvalue weighted by Crippen LogP contribution is -2.59. The van der Waals surface area contributed by atoms with Crippen LogP contribution in [0.2, 0.25) is 10.0 Å². The Labute approximate surface area is 272 Å². The molecule has 3 aromatic carbocycles. The number of halogens is 2. The Bertz CT molecular complexity index is 1840. The normalized spacial score (nSPS) is 22.1. The Morgan fingerprint density at radius 1 is 0.978 bits per heavy atom. The number of nitrogens with one attached hydrogen (secondary N) is 2. The molecule has 1 fully saturated rings. The van der Waals surface area contributed by atoms with Crippen LogP contribution in [0.1, 0.15) is 64.7 Å². The third-order valence-electron chi connectivity index (χ3n) is 8.03. The van der Waals surface area contributed by atoms with Crippen LogP contribution in [0, 0.1) is 0 Å². The van der Waals surface area contributed by atoms with Crippen LogP contribution >= 0.6 is 23.2 Å². The van der Waals surface area contributed by atoms with E-state index in [0.717, 1.165) is 19.1 Å². The summed E-state index contributed by atoms with van der Waals surface area (Å²) in [7, 11) is -7.57. The molecular weight excluding hydrogens is 663 g/mol. The second kappa shape index (κ2) is 13.4. The summed E-state index contributed by atoms with van der Waals surface area (Å²) >= 11 is 13.0. The summed E-state index contributed by atoms with van der Waals surface area (Å²) in [6, 6.07) is 15.2. The topological polar surface area (TPSA) is 165 Å². The SMILES string of the molecule is CS(=O)(=O)N[C@H]1CCCC[C@@H]1N1C(=O)c2ccccc2[C@@H](C(=O)NOCc2cccc(S(N)(=O)=O)c2)[C@@H]1c1ccc(Cl)cc1Cl. The molecule has 1 aliphatic carbocycles. The molecule has 0 bridgehead atoms. The molecule has 3 aromatic rings. The van der Waals surface area contributed by atoms with E-state index in [-0.39, 0.29) is 22.4 Å². The van der Waals surface area contributed by atoms with Crippen molar-refractivity contribution in [3.63, 3.8) is 0 Å². The average molecular weight is 696 g/mol. The van der Waals surface area contributed by atoms with Gasteiger partial charge in [0, 0.05) is 27.7 Å². The summed E-state index contributed by atoms with van der Waals surface area (Å²) in [6.07, 6.45) is 3.58. The molecule has 0 radical (unpaired) electrons. The summed E-state index contributed by atoms with van der Waals surface area (Å²) in [5.41, 5.74) is 4.11. The summed E-state index contributed by atoms with van der Waals surface area (Å²) in [6.45, 7) is -0.179. The fourth-order valence-corrected chi connectivity index (χ4v) is 8.12. The minimum atomic E-state index is -3.95. The molecule has 0 unspecified atom stereocenters. The number of hydroxylamine groups is 1. The first-order chi connectivity index (χ1) is 21.2. The van der Waals surface area contributed by atoms with Gasteiger partial charge in [0.15, 0.2) is 0 Å². The lowest BCUT2D eigenvalue weighted by atomic mass is 9.76. The van der Waals surface area contributed by atoms with Crippen molar-refractivity contribution in [2.24, 2.45) is 5.14 Å². The molecule has 5 rings (SSSR count). The quantitative estimate of drug-likeness (QED) is 0.285. The first kappa shape index (κ1) is 33.3. The smallest absolute Gasteiger partial charge is 0.255 e. The van der Waals surface area contributed by atoms with Crippen molar-refractivity contribution in [3.05, 3.63) is 99.0 Å². The van der Waals surface area contributed by atoms with Crippen molar-refractivity contribution in [2.75, 3.05) is 6.26 Å². The molecule has 0 saturated heterocycles. The minimum absolute atomic E-state index is 0.104. The molecule has 2 amide bonds. The first-order valence-electron chi connectivity index (χ1n) is 14.1. The van der Waals surface area contributed by atoms with Crippen LogP contribution in [-0.2, 0) is 36.3 Å². The van der Waals surface area contributed by atoms with Crippen LogP contribution in [0.15, 0.2) is 71.6 Å². The van der Waals surface area contributed by atoms with Crippen molar-refractivity contribution < 1.29 is 31.3 Å². The predicted molar refractivity (Wildman–Crippen MR) is 169 cm³/mol. The van der Waals surface area contributed by atoms with Crippen molar-refractivity contribution in [3.8, 4) is 0 Å². The minimum Gasteiger partial charge on any atom is -0.326 e. The molecule has 1 heterocycles. The van der Waals surface area contributed by atoms with Crippen molar-refractivity contribution in [1.29, 1.82) is 0 Å². The number of carbonyl (C=O) groups excluding carboxylic acids is 2. The van der Waals surface area contributed by atoms with Gasteiger partial charge in [0.2, 0.25) is 20.0 Å². The van der Waals surface area contributed by atoms with Gasteiger partial charge in [-0.1, -0.05) is 72.4 Å². The van der Waals surface area contributed by atoms with E-state index in [1.807, 2.05) is 0 Å². The van der Waals surface area contributed by atoms with Crippen LogP contribution in [0.25, 0.3) is 0 Å². The van der Waals surface area contributed by atoms with Crippen LogP contribution in [0.5, 0.6) is 0 Å². The number of rotatable bonds is 9. The van der Waals surface area contributed by atoms with Gasteiger partial charge in [0.1, 0.15) is 0 Å². The Kier molecular flexibility index (Phi) is 9.90. The lowest BCUT2D eigenvalue weighted by Gasteiger charge is -2.49. The van der Waals surface area contributed by atoms with Gasteiger partial charge in [-0.25, -0.2) is 32.2 Å². The second-order valence-electron chi connectivity index (χ2n) is 11.2. The zero-order valence-corrected chi connectivity index (χ0v) is 27.3. The Hall–Kier alpha value is -3.04. The first-order valence-corrected chi connectivity index (χ1v) is 18.3. The van der Waals surface area contributed by atoms with Gasteiger partial charge in [-0.05, 0) is 59.9 Å². The van der Waals surface area contributed by atoms with E-state index in [1.54, 1.807) is 47.4 Å². The lowest BCUT2D eigenvalue weighted by molar-refractivity contribution is -0.138. The summed E-state index contributed by atoms with van der Waals surface area (Å²) < 4.78 is 51.0. The number of sulfonamides is 2. The number of hydrogen-bond donors (Lipinski definition) is 3. The molecule has 0 aromatic heterocycles. The number of carbonyl (C=O) groups is 2. The Morgan fingerprint density at radius 3 is 2.42 bits per heavy atom. The molecular formula is C30H32Cl2N4O7S2. The van der Waals surface area contributed by atoms with E-state index in [9.17, 15) is 26.4 Å². The van der Waals surface area contributed by atoms with Gasteiger partial charge in [-0.3, -0.25) is 14.4 Å². The second-order valence-corrected chi connectivity index (χ2v) is 15.4. The zero-order valence-electron chi connectivity index (χ0n) is 24.2. The molecule has 15 heteroatoms. The summed E-state index contributed by atoms with van der Waals surface area (Å²) in [5, 5.41) is 5.83. The number of nitrogens with two attached hydrogens (primary N) is 1. The molecule has 1 saturated carbocycles. The molecule has 4 atom stereocenters. The van der Waals surface area contributed by atoms with Crippen LogP contribution < -0.4 is 15.3 Å². The maximum absolute atomic E-state index is 14.3. The van der Waals surface area contributed by atoms with E-state index < -0.39 is 50.0 Å². The van der Waals surface area contributed by atoms with Gasteiger partial charge >= 0.3 is 0 Å². The maximum atomic E-state index is 14.3. The average Bonchev–Trinajstić information content (AvgIpc) is 2.97. The van der Waals surface area contributed by atoms with E-state index >= 15 is 0 Å². The molecule has 1 aliphatic heterocycles. The van der Waals surface area contributed by atoms with Crippen molar-refractivity contribution in [1.82, 2.24) is 15.1 Å². The van der Waals surface area contributed by atoms with Crippen molar-refractivity contribution in [2.45, 2.75) is 61.2 Å². The number of fused-ring (bicyclic) bond motifs is 1. The summed E-state index contributed by atoms with van der Waals surface area (Å²) in [4.78, 5) is 35.5. The van der Waals surface area contributed by atoms with E-state index in [1.165, 1.54) is 24.3 Å². The number of nitrogens with zero attached hydrogens (tertiary/aromatic N) is 1. The van der Waals surface area contributed by atoms with Gasteiger partial charge < -0.3 is 4.90 Å². The molecule has 240 valence electrons. The van der Waals surface area contributed by atoms with Gasteiger partial charge in [-0.2, -0.15) is 0 Å². The largest absolute Gasteiger partial charge is 0.326 e. The fourth-order valence-electron chi connectivity index (χ4n) is 6.19. The van der Waals surface area contributed by atoms with Crippen LogP contribution in [0.4, 0.5) is 0 Å². The highest BCUT2D eigenvalue weighted by atomic mass is 35.5. The Balaban J connectivity index is 1.56. The van der Waals surface area contributed by atoms with Crippen LogP contribution in [0.3, 0.4) is 0 Å². The number of primary sulfonamides is 1. The third-order valence-corrected chi connectivity index (χ3v) is 10.2. The Morgan fingerprint density at radius 2 is 1.71 bits per heavy atom. The highest BCUT2D eigenvalue weighted by Gasteiger charge is 2.49. The predicted octanol–water partition coefficient (Wildman–Crippen LogP) is 4.03. The molecule has 4 N–H and O–H groups in total. The van der Waals surface area contributed by atoms with E-state index in [0.29, 0.717) is 40.1 Å². The fraction of sp³-hybridized carbons (Fsp3) is 0.333. The zero-order chi connectivity index (χ0) is 32.5. The highest BCUT2D eigenvalue weighted by molar-refractivity contribution is 7.89. The van der Waals surface area contributed by atoms with Gasteiger partial charge in [0.25, 0.3) is 11.8 Å². The monoisotopic (exact) mass is 694 g/mol. The van der Waals surface area contributed by atoms with Gasteiger partial charge in [0.05, 0.1) is 29.7 Å². The van der Waals surface area contributed by atoms with Crippen LogP contribution in [-0.4, -0.2) is 51.9 Å². The number of benzene rings is 3. The summed E-state index contributed by atoms with van der Waals surface area (Å²) in [5.74, 6) is -1.99. The number of amides is 2. The van der Waals surface area contributed by atoms with E-state index in [2.05, 4.69) is 10.2 Å². The van der Waals surface area contributed by atoms with E-state index in [4.69, 9.17) is 33.2 Å². The highest BCUT2D eigenvalue weighted by Crippen LogP contribution is 2.47. The third kappa shape index (κ3) is 7.51. The molecule has 45 heavy (non-hydrogen) atoms. The molecule has 11 nitrogen and oxygen atoms in total. The number of hydrogen-bond acceptors (Lipinski definition) is 7. The standard InChI is InChI=1S/C30H32Cl2N4O7S2/c1-44(39,40)35-25-11-4-5-12-26(25)36-28(23-14-13-19(31)16-24(23)32)27(21-9-2-3-10-22(21)30(36)38)29(37)34-43-17-18-7-6-8-20(15-18)45(33,41)42/h2-3,6-10,13-16,25-28,35H,4-5,11-12,17H2,1H3,(H,34,37)(H2,33,41,42)/t25-,26-,27+,28-/m0/s1. The molecule has 2 aliphatic rings.